The first-order valence-electron chi connectivity index (χ1n) is 5.78. The van der Waals surface area contributed by atoms with Crippen LogP contribution in [0.1, 0.15) is 30.9 Å². The Labute approximate surface area is 111 Å². The fourth-order valence-electron chi connectivity index (χ4n) is 2.27. The van der Waals surface area contributed by atoms with Gasteiger partial charge in [0.25, 0.3) is 0 Å². The zero-order valence-corrected chi connectivity index (χ0v) is 11.1. The Hall–Kier alpha value is -1.26. The maximum absolute atomic E-state index is 11.1. The van der Waals surface area contributed by atoms with E-state index in [1.54, 1.807) is 6.07 Å². The van der Waals surface area contributed by atoms with Crippen molar-refractivity contribution in [3.8, 4) is 5.75 Å². The molecule has 5 heteroatoms. The Morgan fingerprint density at radius 2 is 2.28 bits per heavy atom. The van der Waals surface area contributed by atoms with Crippen LogP contribution < -0.4 is 10.5 Å². The van der Waals surface area contributed by atoms with Gasteiger partial charge in [-0.25, -0.2) is 0 Å². The number of aliphatic carboxylic acids is 1. The van der Waals surface area contributed by atoms with Crippen molar-refractivity contribution in [2.75, 3.05) is 6.54 Å². The van der Waals surface area contributed by atoms with Gasteiger partial charge in [0.15, 0.2) is 0 Å². The highest BCUT2D eigenvalue weighted by Gasteiger charge is 2.33. The lowest BCUT2D eigenvalue weighted by Gasteiger charge is -2.17. The van der Waals surface area contributed by atoms with Crippen LogP contribution in [0.2, 0.25) is 5.02 Å². The van der Waals surface area contributed by atoms with E-state index >= 15 is 0 Å². The molecule has 1 aliphatic rings. The van der Waals surface area contributed by atoms with Gasteiger partial charge in [-0.05, 0) is 31.0 Å². The van der Waals surface area contributed by atoms with Crippen LogP contribution in [0.4, 0.5) is 0 Å². The van der Waals surface area contributed by atoms with E-state index in [1.165, 1.54) is 0 Å². The monoisotopic (exact) mass is 269 g/mol. The summed E-state index contributed by atoms with van der Waals surface area (Å²) in [5, 5.41) is 9.57. The van der Waals surface area contributed by atoms with Gasteiger partial charge in [0.05, 0.1) is 10.9 Å². The first-order valence-corrected chi connectivity index (χ1v) is 6.16. The highest BCUT2D eigenvalue weighted by molar-refractivity contribution is 6.32. The minimum Gasteiger partial charge on any atom is -0.486 e. The lowest BCUT2D eigenvalue weighted by molar-refractivity contribution is -0.138. The molecule has 1 heterocycles. The zero-order chi connectivity index (χ0) is 13.5. The quantitative estimate of drug-likeness (QED) is 0.882. The fourth-order valence-corrected chi connectivity index (χ4v) is 2.56. The third kappa shape index (κ3) is 2.31. The van der Waals surface area contributed by atoms with Crippen molar-refractivity contribution < 1.29 is 14.6 Å². The Kier molecular flexibility index (Phi) is 3.25. The van der Waals surface area contributed by atoms with Gasteiger partial charge in [-0.3, -0.25) is 4.79 Å². The molecule has 18 heavy (non-hydrogen) atoms. The summed E-state index contributed by atoms with van der Waals surface area (Å²) in [6, 6.07) is 3.47. The van der Waals surface area contributed by atoms with Crippen molar-refractivity contribution in [2.24, 2.45) is 5.73 Å². The first kappa shape index (κ1) is 13.2. The predicted octanol–water partition coefficient (Wildman–Crippen LogP) is 2.18. The van der Waals surface area contributed by atoms with Crippen LogP contribution in [0.5, 0.6) is 5.75 Å². The first-order chi connectivity index (χ1) is 8.34. The highest BCUT2D eigenvalue weighted by Crippen LogP contribution is 2.42. The summed E-state index contributed by atoms with van der Waals surface area (Å²) < 4.78 is 5.74. The molecule has 0 aromatic heterocycles. The van der Waals surface area contributed by atoms with Gasteiger partial charge < -0.3 is 15.6 Å². The van der Waals surface area contributed by atoms with Crippen molar-refractivity contribution in [3.63, 3.8) is 0 Å². The topological polar surface area (TPSA) is 72.6 Å². The van der Waals surface area contributed by atoms with Crippen molar-refractivity contribution in [3.05, 3.63) is 28.3 Å². The SMILES string of the molecule is CC1(C)Cc2cc(C(CN)C(=O)O)cc(Cl)c2O1. The molecule has 98 valence electrons. The second-order valence-electron chi connectivity index (χ2n) is 5.16. The predicted molar refractivity (Wildman–Crippen MR) is 69.3 cm³/mol. The van der Waals surface area contributed by atoms with Crippen LogP contribution >= 0.6 is 11.6 Å². The molecular formula is C13H16ClNO3. The van der Waals surface area contributed by atoms with Crippen molar-refractivity contribution in [2.45, 2.75) is 31.8 Å². The van der Waals surface area contributed by atoms with Gasteiger partial charge in [-0.15, -0.1) is 0 Å². The molecule has 0 aliphatic carbocycles. The van der Waals surface area contributed by atoms with Crippen LogP contribution in [0.15, 0.2) is 12.1 Å². The Morgan fingerprint density at radius 1 is 1.61 bits per heavy atom. The molecule has 4 nitrogen and oxygen atoms in total. The number of carboxylic acids is 1. The highest BCUT2D eigenvalue weighted by atomic mass is 35.5. The van der Waals surface area contributed by atoms with E-state index < -0.39 is 11.9 Å². The van der Waals surface area contributed by atoms with E-state index in [4.69, 9.17) is 27.2 Å². The third-order valence-electron chi connectivity index (χ3n) is 3.07. The van der Waals surface area contributed by atoms with E-state index in [1.807, 2.05) is 19.9 Å². The van der Waals surface area contributed by atoms with Gasteiger partial charge in [0, 0.05) is 13.0 Å². The van der Waals surface area contributed by atoms with Crippen LogP contribution in [0.25, 0.3) is 0 Å². The molecule has 1 aromatic rings. The molecule has 2 rings (SSSR count). The normalized spacial score (nSPS) is 18.0. The summed E-state index contributed by atoms with van der Waals surface area (Å²) in [4.78, 5) is 11.1. The molecule has 0 saturated carbocycles. The number of benzene rings is 1. The molecule has 1 atom stereocenters. The molecule has 1 unspecified atom stereocenters. The van der Waals surface area contributed by atoms with Crippen LogP contribution in [-0.2, 0) is 11.2 Å². The number of ether oxygens (including phenoxy) is 1. The number of carbonyl (C=O) groups is 1. The minimum absolute atomic E-state index is 0.0503. The molecule has 1 aromatic carbocycles. The third-order valence-corrected chi connectivity index (χ3v) is 3.35. The van der Waals surface area contributed by atoms with Gasteiger partial charge in [0.2, 0.25) is 0 Å². The van der Waals surface area contributed by atoms with Gasteiger partial charge in [-0.1, -0.05) is 17.7 Å². The largest absolute Gasteiger partial charge is 0.486 e. The van der Waals surface area contributed by atoms with Crippen molar-refractivity contribution in [1.29, 1.82) is 0 Å². The standard InChI is InChI=1S/C13H16ClNO3/c1-13(2)5-8-3-7(9(6-15)12(16)17)4-10(14)11(8)18-13/h3-4,9H,5-6,15H2,1-2H3,(H,16,17). The van der Waals surface area contributed by atoms with Crippen molar-refractivity contribution >= 4 is 17.6 Å². The number of carboxylic acid groups (broad SMARTS) is 1. The lowest BCUT2D eigenvalue weighted by Crippen LogP contribution is -2.24. The number of hydrogen-bond acceptors (Lipinski definition) is 3. The maximum Gasteiger partial charge on any atom is 0.312 e. The van der Waals surface area contributed by atoms with Crippen LogP contribution in [0.3, 0.4) is 0 Å². The number of halogens is 1. The molecule has 0 fully saturated rings. The average Bonchev–Trinajstić information content (AvgIpc) is 2.53. The van der Waals surface area contributed by atoms with Crippen LogP contribution in [-0.4, -0.2) is 23.2 Å². The minimum atomic E-state index is -0.938. The molecule has 0 bridgehead atoms. The number of hydrogen-bond donors (Lipinski definition) is 2. The van der Waals surface area contributed by atoms with E-state index in [0.29, 0.717) is 22.8 Å². The van der Waals surface area contributed by atoms with Crippen molar-refractivity contribution in [1.82, 2.24) is 0 Å². The van der Waals surface area contributed by atoms with Gasteiger partial charge in [-0.2, -0.15) is 0 Å². The Morgan fingerprint density at radius 3 is 2.83 bits per heavy atom. The summed E-state index contributed by atoms with van der Waals surface area (Å²) in [7, 11) is 0. The van der Waals surface area contributed by atoms with Crippen LogP contribution in [0, 0.1) is 0 Å². The second-order valence-corrected chi connectivity index (χ2v) is 5.56. The number of fused-ring (bicyclic) bond motifs is 1. The van der Waals surface area contributed by atoms with Gasteiger partial charge in [0.1, 0.15) is 11.4 Å². The van der Waals surface area contributed by atoms with Gasteiger partial charge >= 0.3 is 5.97 Å². The zero-order valence-electron chi connectivity index (χ0n) is 10.4. The van der Waals surface area contributed by atoms with E-state index in [9.17, 15) is 4.79 Å². The molecule has 0 saturated heterocycles. The molecular weight excluding hydrogens is 254 g/mol. The second kappa shape index (κ2) is 4.44. The summed E-state index contributed by atoms with van der Waals surface area (Å²) in [5.74, 6) is -1.00. The molecule has 0 spiro atoms. The Balaban J connectivity index is 2.44. The molecule has 1 aliphatic heterocycles. The Bertz CT molecular complexity index is 499. The van der Waals surface area contributed by atoms with E-state index in [-0.39, 0.29) is 12.1 Å². The average molecular weight is 270 g/mol. The summed E-state index contributed by atoms with van der Waals surface area (Å²) in [6.45, 7) is 4.00. The number of nitrogens with two attached hydrogens (primary N) is 1. The fraction of sp³-hybridized carbons (Fsp3) is 0.462. The molecule has 0 amide bonds. The summed E-state index contributed by atoms with van der Waals surface area (Å²) in [5.41, 5.74) is 6.78. The summed E-state index contributed by atoms with van der Waals surface area (Å²) in [6.07, 6.45) is 0.715. The lowest BCUT2D eigenvalue weighted by atomic mass is 9.94. The molecule has 3 N–H and O–H groups in total. The van der Waals surface area contributed by atoms with E-state index in [2.05, 4.69) is 0 Å². The van der Waals surface area contributed by atoms with E-state index in [0.717, 1.165) is 5.56 Å². The number of rotatable bonds is 3. The summed E-state index contributed by atoms with van der Waals surface area (Å²) >= 11 is 6.15. The molecule has 0 radical (unpaired) electrons. The smallest absolute Gasteiger partial charge is 0.312 e. The maximum atomic E-state index is 11.1.